The number of ether oxygens (including phenoxy) is 1. The first-order valence-corrected chi connectivity index (χ1v) is 7.91. The second-order valence-corrected chi connectivity index (χ2v) is 6.44. The van der Waals surface area contributed by atoms with Crippen molar-refractivity contribution < 1.29 is 9.53 Å². The number of rotatable bonds is 6. The van der Waals surface area contributed by atoms with Gasteiger partial charge in [0.05, 0.1) is 7.11 Å². The first kappa shape index (κ1) is 17.8. The Labute approximate surface area is 143 Å². The highest BCUT2D eigenvalue weighted by Crippen LogP contribution is 2.21. The molecule has 2 rings (SSSR count). The Balaban J connectivity index is 2.06. The lowest BCUT2D eigenvalue weighted by atomic mass is 10.0. The van der Waals surface area contributed by atoms with Crippen molar-refractivity contribution in [1.82, 2.24) is 9.88 Å². The van der Waals surface area contributed by atoms with Crippen molar-refractivity contribution in [2.75, 3.05) is 19.5 Å². The second kappa shape index (κ2) is 7.34. The third kappa shape index (κ3) is 4.25. The number of carbonyl (C=O) groups is 1. The van der Waals surface area contributed by atoms with Gasteiger partial charge in [-0.2, -0.15) is 0 Å². The average Bonchev–Trinajstić information content (AvgIpc) is 2.56. The molecule has 1 N–H and O–H groups in total. The Kier molecular flexibility index (Phi) is 5.44. The molecule has 0 saturated heterocycles. The number of carbonyl (C=O) groups excluding carboxylic acids is 1. The summed E-state index contributed by atoms with van der Waals surface area (Å²) in [5, 5.41) is 3.29. The van der Waals surface area contributed by atoms with E-state index in [-0.39, 0.29) is 5.91 Å². The van der Waals surface area contributed by atoms with E-state index in [1.807, 2.05) is 64.3 Å². The fourth-order valence-electron chi connectivity index (χ4n) is 2.57. The van der Waals surface area contributed by atoms with Gasteiger partial charge in [-0.3, -0.25) is 9.78 Å². The van der Waals surface area contributed by atoms with E-state index in [0.29, 0.717) is 6.54 Å². The van der Waals surface area contributed by atoms with Crippen LogP contribution in [-0.2, 0) is 11.3 Å². The van der Waals surface area contributed by atoms with Crippen LogP contribution >= 0.6 is 0 Å². The number of benzene rings is 1. The molecule has 0 aliphatic heterocycles. The molecule has 5 nitrogen and oxygen atoms in total. The number of aromatic nitrogens is 1. The third-order valence-corrected chi connectivity index (χ3v) is 3.97. The van der Waals surface area contributed by atoms with Crippen molar-refractivity contribution in [3.8, 4) is 5.75 Å². The number of hydrogen-bond acceptors (Lipinski definition) is 4. The summed E-state index contributed by atoms with van der Waals surface area (Å²) in [6.07, 6.45) is 3.57. The molecular formula is C19H25N3O2. The number of nitrogens with zero attached hydrogens (tertiary/aromatic N) is 2. The number of likely N-dealkylation sites (N-methyl/N-ethyl adjacent to an activating group) is 1. The maximum Gasteiger partial charge on any atom is 0.247 e. The number of nitrogens with one attached hydrogen (secondary N) is 1. The van der Waals surface area contributed by atoms with Crippen molar-refractivity contribution in [3.63, 3.8) is 0 Å². The molecule has 5 heteroatoms. The Morgan fingerprint density at radius 2 is 1.92 bits per heavy atom. The van der Waals surface area contributed by atoms with Crippen LogP contribution in [0.2, 0.25) is 0 Å². The lowest BCUT2D eigenvalue weighted by molar-refractivity contribution is -0.134. The van der Waals surface area contributed by atoms with Crippen molar-refractivity contribution in [2.24, 2.45) is 0 Å². The summed E-state index contributed by atoms with van der Waals surface area (Å²) < 4.78 is 5.15. The molecule has 0 aliphatic carbocycles. The maximum absolute atomic E-state index is 12.8. The molecule has 0 saturated carbocycles. The molecule has 1 aromatic heterocycles. The van der Waals surface area contributed by atoms with E-state index in [2.05, 4.69) is 10.3 Å². The molecule has 2 aromatic rings. The second-order valence-electron chi connectivity index (χ2n) is 6.44. The molecule has 128 valence electrons. The van der Waals surface area contributed by atoms with Gasteiger partial charge in [0.15, 0.2) is 0 Å². The monoisotopic (exact) mass is 327 g/mol. The topological polar surface area (TPSA) is 54.5 Å². The summed E-state index contributed by atoms with van der Waals surface area (Å²) in [6.45, 7) is 6.33. The molecule has 1 aromatic carbocycles. The molecule has 0 bridgehead atoms. The third-order valence-electron chi connectivity index (χ3n) is 3.97. The molecular weight excluding hydrogens is 302 g/mol. The Bertz CT molecular complexity index is 696. The predicted octanol–water partition coefficient (Wildman–Crippen LogP) is 3.25. The normalized spacial score (nSPS) is 11.0. The SMILES string of the molecule is COc1ccc(NC(C)(C)C(=O)N(C)Cc2ccncc2C)cc1. The fourth-order valence-corrected chi connectivity index (χ4v) is 2.57. The first-order valence-electron chi connectivity index (χ1n) is 7.91. The number of methoxy groups -OCH3 is 1. The summed E-state index contributed by atoms with van der Waals surface area (Å²) in [7, 11) is 3.45. The van der Waals surface area contributed by atoms with Crippen molar-refractivity contribution in [2.45, 2.75) is 32.9 Å². The average molecular weight is 327 g/mol. The minimum Gasteiger partial charge on any atom is -0.497 e. The largest absolute Gasteiger partial charge is 0.497 e. The van der Waals surface area contributed by atoms with Gasteiger partial charge in [0.1, 0.15) is 11.3 Å². The number of hydrogen-bond donors (Lipinski definition) is 1. The van der Waals surface area contributed by atoms with E-state index in [4.69, 9.17) is 4.74 Å². The quantitative estimate of drug-likeness (QED) is 0.885. The van der Waals surface area contributed by atoms with Crippen LogP contribution in [0.3, 0.4) is 0 Å². The van der Waals surface area contributed by atoms with Gasteiger partial charge in [-0.1, -0.05) is 0 Å². The molecule has 0 atom stereocenters. The molecule has 0 fully saturated rings. The van der Waals surface area contributed by atoms with Gasteiger partial charge in [0.25, 0.3) is 0 Å². The summed E-state index contributed by atoms with van der Waals surface area (Å²) in [4.78, 5) is 18.7. The summed E-state index contributed by atoms with van der Waals surface area (Å²) in [6, 6.07) is 9.49. The van der Waals surface area contributed by atoms with Gasteiger partial charge in [0, 0.05) is 31.7 Å². The minimum atomic E-state index is -0.718. The van der Waals surface area contributed by atoms with Crippen LogP contribution in [0.4, 0.5) is 5.69 Å². The zero-order valence-electron chi connectivity index (χ0n) is 15.0. The van der Waals surface area contributed by atoms with E-state index in [1.54, 1.807) is 18.2 Å². The van der Waals surface area contributed by atoms with E-state index in [0.717, 1.165) is 22.6 Å². The lowest BCUT2D eigenvalue weighted by Gasteiger charge is -2.31. The van der Waals surface area contributed by atoms with Crippen molar-refractivity contribution in [1.29, 1.82) is 0 Å². The van der Waals surface area contributed by atoms with Gasteiger partial charge in [-0.05, 0) is 62.2 Å². The van der Waals surface area contributed by atoms with Crippen LogP contribution in [0, 0.1) is 6.92 Å². The van der Waals surface area contributed by atoms with Crippen LogP contribution in [-0.4, -0.2) is 35.5 Å². The molecule has 0 aliphatic rings. The Morgan fingerprint density at radius 3 is 2.50 bits per heavy atom. The highest BCUT2D eigenvalue weighted by molar-refractivity contribution is 5.88. The van der Waals surface area contributed by atoms with Crippen molar-refractivity contribution in [3.05, 3.63) is 53.9 Å². The number of amides is 1. The number of pyridine rings is 1. The van der Waals surface area contributed by atoms with E-state index < -0.39 is 5.54 Å². The molecule has 24 heavy (non-hydrogen) atoms. The van der Waals surface area contributed by atoms with E-state index in [9.17, 15) is 4.79 Å². The highest BCUT2D eigenvalue weighted by Gasteiger charge is 2.30. The van der Waals surface area contributed by atoms with Crippen LogP contribution in [0.1, 0.15) is 25.0 Å². The first-order chi connectivity index (χ1) is 11.3. The molecule has 0 spiro atoms. The van der Waals surface area contributed by atoms with E-state index >= 15 is 0 Å². The Morgan fingerprint density at radius 1 is 1.25 bits per heavy atom. The van der Waals surface area contributed by atoms with Crippen LogP contribution in [0.5, 0.6) is 5.75 Å². The predicted molar refractivity (Wildman–Crippen MR) is 96.1 cm³/mol. The maximum atomic E-state index is 12.8. The highest BCUT2D eigenvalue weighted by atomic mass is 16.5. The van der Waals surface area contributed by atoms with E-state index in [1.165, 1.54) is 0 Å². The number of aryl methyl sites for hydroxylation is 1. The van der Waals surface area contributed by atoms with Gasteiger partial charge < -0.3 is 15.0 Å². The van der Waals surface area contributed by atoms with Crippen molar-refractivity contribution >= 4 is 11.6 Å². The molecule has 1 heterocycles. The van der Waals surface area contributed by atoms with Gasteiger partial charge in [0.2, 0.25) is 5.91 Å². The smallest absolute Gasteiger partial charge is 0.247 e. The van der Waals surface area contributed by atoms with Gasteiger partial charge in [-0.15, -0.1) is 0 Å². The summed E-state index contributed by atoms with van der Waals surface area (Å²) >= 11 is 0. The molecule has 1 amide bonds. The summed E-state index contributed by atoms with van der Waals surface area (Å²) in [5.41, 5.74) is 2.34. The molecule has 0 radical (unpaired) electrons. The van der Waals surface area contributed by atoms with Gasteiger partial charge in [-0.25, -0.2) is 0 Å². The Hall–Kier alpha value is -2.56. The van der Waals surface area contributed by atoms with Gasteiger partial charge >= 0.3 is 0 Å². The zero-order chi connectivity index (χ0) is 17.7. The van der Waals surface area contributed by atoms with Crippen LogP contribution in [0.25, 0.3) is 0 Å². The minimum absolute atomic E-state index is 0.0227. The van der Waals surface area contributed by atoms with Crippen LogP contribution < -0.4 is 10.1 Å². The lowest BCUT2D eigenvalue weighted by Crippen LogP contribution is -2.48. The molecule has 0 unspecified atom stereocenters. The standard InChI is InChI=1S/C19H25N3O2/c1-14-12-20-11-10-15(14)13-22(4)18(23)19(2,3)21-16-6-8-17(24-5)9-7-16/h6-12,21H,13H2,1-5H3. The number of anilines is 1. The fraction of sp³-hybridized carbons (Fsp3) is 0.368. The van der Waals surface area contributed by atoms with Crippen LogP contribution in [0.15, 0.2) is 42.7 Å². The summed E-state index contributed by atoms with van der Waals surface area (Å²) in [5.74, 6) is 0.810. The zero-order valence-corrected chi connectivity index (χ0v) is 15.0.